The van der Waals surface area contributed by atoms with Gasteiger partial charge in [-0.15, -0.1) is 0 Å². The van der Waals surface area contributed by atoms with Crippen molar-refractivity contribution in [2.75, 3.05) is 0 Å². The van der Waals surface area contributed by atoms with Crippen LogP contribution in [0.3, 0.4) is 0 Å². The fourth-order valence-corrected chi connectivity index (χ4v) is 2.69. The quantitative estimate of drug-likeness (QED) is 0.780. The van der Waals surface area contributed by atoms with Gasteiger partial charge in [0.25, 0.3) is 0 Å². The lowest BCUT2D eigenvalue weighted by Crippen LogP contribution is -2.11. The van der Waals surface area contributed by atoms with Crippen molar-refractivity contribution in [2.24, 2.45) is 12.8 Å². The van der Waals surface area contributed by atoms with Crippen LogP contribution in [0.2, 0.25) is 0 Å². The molecule has 1 aromatic heterocycles. The number of aryl methyl sites for hydroxylation is 4. The van der Waals surface area contributed by atoms with Crippen LogP contribution in [0.4, 0.5) is 0 Å². The molecule has 0 amide bonds. The molecule has 0 fully saturated rings. The molecule has 1 aromatic carbocycles. The molecule has 0 aliphatic carbocycles. The van der Waals surface area contributed by atoms with Crippen LogP contribution >= 0.6 is 0 Å². The van der Waals surface area contributed by atoms with Gasteiger partial charge in [-0.25, -0.2) is 0 Å². The Morgan fingerprint density at radius 2 is 1.75 bits per heavy atom. The Morgan fingerprint density at radius 1 is 1.12 bits per heavy atom. The number of nitrogens with two attached hydrogens (primary N) is 1. The third-order valence-corrected chi connectivity index (χ3v) is 3.62. The molecular formula is C14H20N2. The normalized spacial score (nSPS) is 13.4. The minimum absolute atomic E-state index is 0.0807. The largest absolute Gasteiger partial charge is 0.346 e. The Hall–Kier alpha value is -1.28. The van der Waals surface area contributed by atoms with Crippen LogP contribution in [0, 0.1) is 20.8 Å². The molecule has 0 saturated carbocycles. The van der Waals surface area contributed by atoms with Crippen LogP contribution < -0.4 is 5.73 Å². The number of aromatic nitrogens is 1. The first-order chi connectivity index (χ1) is 7.45. The molecule has 1 atom stereocenters. The Kier molecular flexibility index (Phi) is 2.55. The van der Waals surface area contributed by atoms with Crippen LogP contribution in [0.5, 0.6) is 0 Å². The first kappa shape index (κ1) is 11.2. The Morgan fingerprint density at radius 3 is 2.31 bits per heavy atom. The van der Waals surface area contributed by atoms with Gasteiger partial charge in [-0.05, 0) is 44.4 Å². The standard InChI is InChI=1S/C14H20N2/c1-8-6-7-12-10(3)13(11(4)15)16(5)14(12)9(8)2/h6-7,11H,15H2,1-5H3. The average Bonchev–Trinajstić information content (AvgIpc) is 2.45. The fourth-order valence-electron chi connectivity index (χ4n) is 2.69. The van der Waals surface area contributed by atoms with E-state index in [0.717, 1.165) is 0 Å². The molecule has 0 saturated heterocycles. The zero-order valence-corrected chi connectivity index (χ0v) is 10.8. The van der Waals surface area contributed by atoms with Crippen molar-refractivity contribution >= 4 is 10.9 Å². The van der Waals surface area contributed by atoms with E-state index in [9.17, 15) is 0 Å². The number of fused-ring (bicyclic) bond motifs is 1. The summed E-state index contributed by atoms with van der Waals surface area (Å²) in [6, 6.07) is 4.48. The fraction of sp³-hybridized carbons (Fsp3) is 0.429. The summed E-state index contributed by atoms with van der Waals surface area (Å²) in [5.41, 5.74) is 12.6. The third kappa shape index (κ3) is 1.37. The number of rotatable bonds is 1. The minimum Gasteiger partial charge on any atom is -0.346 e. The van der Waals surface area contributed by atoms with Crippen LogP contribution in [-0.2, 0) is 7.05 Å². The molecule has 0 aliphatic heterocycles. The van der Waals surface area contributed by atoms with Crippen LogP contribution in [0.1, 0.15) is 35.3 Å². The highest BCUT2D eigenvalue weighted by atomic mass is 15.0. The third-order valence-electron chi connectivity index (χ3n) is 3.62. The van der Waals surface area contributed by atoms with Gasteiger partial charge in [0.05, 0.1) is 5.52 Å². The lowest BCUT2D eigenvalue weighted by molar-refractivity contribution is 0.719. The highest BCUT2D eigenvalue weighted by Crippen LogP contribution is 2.31. The summed E-state index contributed by atoms with van der Waals surface area (Å²) in [6.07, 6.45) is 0. The lowest BCUT2D eigenvalue weighted by atomic mass is 10.0. The molecule has 2 aromatic rings. The van der Waals surface area contributed by atoms with E-state index in [1.165, 1.54) is 33.3 Å². The SMILES string of the molecule is Cc1ccc2c(C)c(C(C)N)n(C)c2c1C. The van der Waals surface area contributed by atoms with E-state index in [0.29, 0.717) is 0 Å². The van der Waals surface area contributed by atoms with Crippen molar-refractivity contribution in [3.05, 3.63) is 34.5 Å². The monoisotopic (exact) mass is 216 g/mol. The van der Waals surface area contributed by atoms with Gasteiger partial charge < -0.3 is 10.3 Å². The molecule has 0 radical (unpaired) electrons. The van der Waals surface area contributed by atoms with Crippen molar-refractivity contribution in [3.8, 4) is 0 Å². The molecule has 2 nitrogen and oxygen atoms in total. The van der Waals surface area contributed by atoms with Crippen molar-refractivity contribution in [1.29, 1.82) is 0 Å². The van der Waals surface area contributed by atoms with E-state index in [2.05, 4.69) is 44.5 Å². The van der Waals surface area contributed by atoms with Crippen LogP contribution in [0.25, 0.3) is 10.9 Å². The first-order valence-corrected chi connectivity index (χ1v) is 5.75. The summed E-state index contributed by atoms with van der Waals surface area (Å²) < 4.78 is 2.25. The summed E-state index contributed by atoms with van der Waals surface area (Å²) in [5.74, 6) is 0. The van der Waals surface area contributed by atoms with Gasteiger partial charge in [-0.1, -0.05) is 12.1 Å². The van der Waals surface area contributed by atoms with Gasteiger partial charge in [0.2, 0.25) is 0 Å². The molecule has 1 heterocycles. The van der Waals surface area contributed by atoms with Crippen molar-refractivity contribution in [2.45, 2.75) is 33.7 Å². The maximum Gasteiger partial charge on any atom is 0.0515 e. The Balaban J connectivity index is 2.94. The zero-order chi connectivity index (χ0) is 12.0. The van der Waals surface area contributed by atoms with Gasteiger partial charge >= 0.3 is 0 Å². The average molecular weight is 216 g/mol. The first-order valence-electron chi connectivity index (χ1n) is 5.75. The number of nitrogens with zero attached hydrogens (tertiary/aromatic N) is 1. The van der Waals surface area contributed by atoms with E-state index in [1.807, 2.05) is 6.92 Å². The molecule has 0 spiro atoms. The molecule has 2 heteroatoms. The summed E-state index contributed by atoms with van der Waals surface area (Å²) in [5, 5.41) is 1.33. The predicted octanol–water partition coefficient (Wildman–Crippen LogP) is 3.12. The van der Waals surface area contributed by atoms with Crippen molar-refractivity contribution < 1.29 is 0 Å². The maximum atomic E-state index is 6.05. The number of benzene rings is 1. The van der Waals surface area contributed by atoms with Crippen LogP contribution in [0.15, 0.2) is 12.1 Å². The van der Waals surface area contributed by atoms with Gasteiger partial charge in [-0.2, -0.15) is 0 Å². The smallest absolute Gasteiger partial charge is 0.0515 e. The molecule has 16 heavy (non-hydrogen) atoms. The van der Waals surface area contributed by atoms with Gasteiger partial charge in [-0.3, -0.25) is 0 Å². The second-order valence-corrected chi connectivity index (χ2v) is 4.76. The van der Waals surface area contributed by atoms with Crippen molar-refractivity contribution in [1.82, 2.24) is 4.57 Å². The van der Waals surface area contributed by atoms with Gasteiger partial charge in [0.15, 0.2) is 0 Å². The summed E-state index contributed by atoms with van der Waals surface area (Å²) >= 11 is 0. The second kappa shape index (κ2) is 3.63. The predicted molar refractivity (Wildman–Crippen MR) is 69.7 cm³/mol. The Labute approximate surface area is 97.1 Å². The number of hydrogen-bond acceptors (Lipinski definition) is 1. The summed E-state index contributed by atoms with van der Waals surface area (Å²) in [7, 11) is 2.11. The minimum atomic E-state index is 0.0807. The second-order valence-electron chi connectivity index (χ2n) is 4.76. The maximum absolute atomic E-state index is 6.05. The topological polar surface area (TPSA) is 30.9 Å². The van der Waals surface area contributed by atoms with E-state index < -0.39 is 0 Å². The van der Waals surface area contributed by atoms with Gasteiger partial charge in [0, 0.05) is 24.2 Å². The highest BCUT2D eigenvalue weighted by molar-refractivity contribution is 5.88. The van der Waals surface area contributed by atoms with Crippen molar-refractivity contribution in [3.63, 3.8) is 0 Å². The van der Waals surface area contributed by atoms with E-state index in [4.69, 9.17) is 5.73 Å². The molecular weight excluding hydrogens is 196 g/mol. The number of hydrogen-bond donors (Lipinski definition) is 1. The molecule has 0 bridgehead atoms. The molecule has 1 unspecified atom stereocenters. The van der Waals surface area contributed by atoms with Crippen LogP contribution in [-0.4, -0.2) is 4.57 Å². The summed E-state index contributed by atoms with van der Waals surface area (Å²) in [6.45, 7) is 8.55. The highest BCUT2D eigenvalue weighted by Gasteiger charge is 2.16. The molecule has 2 rings (SSSR count). The summed E-state index contributed by atoms with van der Waals surface area (Å²) in [4.78, 5) is 0. The van der Waals surface area contributed by atoms with E-state index in [1.54, 1.807) is 0 Å². The zero-order valence-electron chi connectivity index (χ0n) is 10.8. The van der Waals surface area contributed by atoms with E-state index in [-0.39, 0.29) is 6.04 Å². The molecule has 0 aliphatic rings. The Bertz CT molecular complexity index is 548. The van der Waals surface area contributed by atoms with Gasteiger partial charge in [0.1, 0.15) is 0 Å². The molecule has 86 valence electrons. The van der Waals surface area contributed by atoms with E-state index >= 15 is 0 Å². The lowest BCUT2D eigenvalue weighted by Gasteiger charge is -2.10. The molecule has 2 N–H and O–H groups in total.